The smallest absolute Gasteiger partial charge is 0.495 e. The molecular weight excluding hydrogens is 469 g/mol. The zero-order valence-corrected chi connectivity index (χ0v) is 18.7. The number of methoxy groups -OCH3 is 2. The lowest BCUT2D eigenvalue weighted by Crippen LogP contribution is -2.17. The fourth-order valence-corrected chi connectivity index (χ4v) is 4.68. The average molecular weight is 486 g/mol. The first-order valence-corrected chi connectivity index (χ1v) is 10.8. The quantitative estimate of drug-likeness (QED) is 0.305. The van der Waals surface area contributed by atoms with Gasteiger partial charge in [0.2, 0.25) is 0 Å². The van der Waals surface area contributed by atoms with Crippen LogP contribution in [0.15, 0.2) is 60.8 Å². The highest BCUT2D eigenvalue weighted by atomic mass is 32.1. The van der Waals surface area contributed by atoms with Crippen LogP contribution in [0, 0.1) is 0 Å². The molecular formula is C23H17F3N4O3S. The van der Waals surface area contributed by atoms with Crippen molar-refractivity contribution in [1.29, 1.82) is 0 Å². The van der Waals surface area contributed by atoms with Gasteiger partial charge in [0.25, 0.3) is 0 Å². The Bertz CT molecular complexity index is 1500. The number of ether oxygens (including phenoxy) is 3. The molecule has 0 aliphatic heterocycles. The van der Waals surface area contributed by atoms with Gasteiger partial charge in [-0.2, -0.15) is 0 Å². The van der Waals surface area contributed by atoms with Crippen LogP contribution in [0.1, 0.15) is 0 Å². The molecule has 11 heteroatoms. The molecule has 0 radical (unpaired) electrons. The molecule has 174 valence electrons. The molecule has 0 aliphatic carbocycles. The molecule has 5 rings (SSSR count). The second-order valence-corrected chi connectivity index (χ2v) is 8.21. The van der Waals surface area contributed by atoms with Gasteiger partial charge in [-0.15, -0.1) is 29.6 Å². The molecule has 5 aromatic rings. The van der Waals surface area contributed by atoms with Gasteiger partial charge in [-0.1, -0.05) is 12.1 Å². The minimum atomic E-state index is -4.82. The van der Waals surface area contributed by atoms with Gasteiger partial charge in [0.1, 0.15) is 11.4 Å². The summed E-state index contributed by atoms with van der Waals surface area (Å²) in [5.41, 5.74) is 1.93. The Hall–Kier alpha value is -3.99. The number of rotatable bonds is 6. The Morgan fingerprint density at radius 1 is 0.941 bits per heavy atom. The summed E-state index contributed by atoms with van der Waals surface area (Å²) < 4.78 is 55.0. The van der Waals surface area contributed by atoms with Gasteiger partial charge in [-0.05, 0) is 41.8 Å². The maximum Gasteiger partial charge on any atom is 0.573 e. The van der Waals surface area contributed by atoms with E-state index in [-0.39, 0.29) is 5.75 Å². The average Bonchev–Trinajstić information content (AvgIpc) is 3.42. The van der Waals surface area contributed by atoms with Crippen LogP contribution in [0.4, 0.5) is 24.7 Å². The molecule has 7 nitrogen and oxygen atoms in total. The van der Waals surface area contributed by atoms with Crippen LogP contribution in [0.25, 0.3) is 26.3 Å². The number of nitrogens with one attached hydrogen (secondary N) is 1. The van der Waals surface area contributed by atoms with Gasteiger partial charge in [-0.3, -0.25) is 0 Å². The second kappa shape index (κ2) is 8.41. The first kappa shape index (κ1) is 21.8. The van der Waals surface area contributed by atoms with Crippen molar-refractivity contribution in [2.75, 3.05) is 19.5 Å². The van der Waals surface area contributed by atoms with Crippen molar-refractivity contribution >= 4 is 38.6 Å². The topological polar surface area (TPSA) is 69.9 Å². The summed E-state index contributed by atoms with van der Waals surface area (Å²) in [6.45, 7) is 0. The Labute approximate surface area is 195 Å². The fraction of sp³-hybridized carbons (Fsp3) is 0.130. The number of hydrogen-bond acceptors (Lipinski definition) is 7. The zero-order chi connectivity index (χ0) is 23.9. The number of hydrogen-bond donors (Lipinski definition) is 1. The number of nitrogens with zero attached hydrogens (tertiary/aromatic N) is 3. The van der Waals surface area contributed by atoms with Crippen molar-refractivity contribution in [3.63, 3.8) is 0 Å². The van der Waals surface area contributed by atoms with Gasteiger partial charge in [0, 0.05) is 11.8 Å². The minimum Gasteiger partial charge on any atom is -0.495 e. The van der Waals surface area contributed by atoms with Gasteiger partial charge in [0.05, 0.1) is 30.0 Å². The van der Waals surface area contributed by atoms with E-state index in [2.05, 4.69) is 26.2 Å². The fourth-order valence-electron chi connectivity index (χ4n) is 3.53. The lowest BCUT2D eigenvalue weighted by molar-refractivity contribution is -0.275. The van der Waals surface area contributed by atoms with E-state index in [1.807, 2.05) is 18.2 Å². The Morgan fingerprint density at radius 3 is 2.53 bits per heavy atom. The summed E-state index contributed by atoms with van der Waals surface area (Å²) in [6, 6.07) is 15.5. The number of imidazole rings is 1. The number of alkyl halides is 3. The molecule has 3 aromatic heterocycles. The number of fused-ring (bicyclic) bond motifs is 2. The highest BCUT2D eigenvalue weighted by Crippen LogP contribution is 2.39. The van der Waals surface area contributed by atoms with Crippen LogP contribution in [0.5, 0.6) is 17.2 Å². The van der Waals surface area contributed by atoms with Crippen LogP contribution >= 0.6 is 11.3 Å². The predicted molar refractivity (Wildman–Crippen MR) is 123 cm³/mol. The van der Waals surface area contributed by atoms with Gasteiger partial charge in [-0.25, -0.2) is 9.50 Å². The molecule has 0 spiro atoms. The summed E-state index contributed by atoms with van der Waals surface area (Å²) in [5, 5.41) is 8.76. The maximum atomic E-state index is 12.6. The van der Waals surface area contributed by atoms with E-state index in [0.717, 1.165) is 26.4 Å². The molecule has 0 unspecified atom stereocenters. The van der Waals surface area contributed by atoms with Gasteiger partial charge < -0.3 is 19.5 Å². The highest BCUT2D eigenvalue weighted by Gasteiger charge is 2.32. The number of halogens is 3. The molecule has 1 N–H and O–H groups in total. The largest absolute Gasteiger partial charge is 0.573 e. The first-order chi connectivity index (χ1) is 16.3. The van der Waals surface area contributed by atoms with E-state index < -0.39 is 12.1 Å². The van der Waals surface area contributed by atoms with Crippen molar-refractivity contribution in [2.45, 2.75) is 6.36 Å². The predicted octanol–water partition coefficient (Wildman–Crippen LogP) is 6.27. The van der Waals surface area contributed by atoms with Crippen molar-refractivity contribution in [3.8, 4) is 27.8 Å². The first-order valence-electron chi connectivity index (χ1n) is 9.97. The molecule has 0 saturated heterocycles. The molecule has 34 heavy (non-hydrogen) atoms. The highest BCUT2D eigenvalue weighted by molar-refractivity contribution is 7.22. The Kier molecular flexibility index (Phi) is 5.40. The molecule has 0 amide bonds. The number of benzene rings is 2. The monoisotopic (exact) mass is 486 g/mol. The lowest BCUT2D eigenvalue weighted by Gasteiger charge is -2.14. The van der Waals surface area contributed by atoms with E-state index in [0.29, 0.717) is 17.2 Å². The summed E-state index contributed by atoms with van der Waals surface area (Å²) in [5.74, 6) is 0.772. The number of aromatic nitrogens is 3. The minimum absolute atomic E-state index is 0.0639. The number of anilines is 2. The summed E-state index contributed by atoms with van der Waals surface area (Å²) in [4.78, 5) is 5.40. The van der Waals surface area contributed by atoms with Crippen LogP contribution in [0.3, 0.4) is 0 Å². The zero-order valence-electron chi connectivity index (χ0n) is 17.9. The summed E-state index contributed by atoms with van der Waals surface area (Å²) in [7, 11) is 2.91. The van der Waals surface area contributed by atoms with Crippen LogP contribution in [-0.4, -0.2) is 35.2 Å². The van der Waals surface area contributed by atoms with E-state index in [9.17, 15) is 13.2 Å². The standard InChI is InChI=1S/C23H17F3N4O3S/c1-31-17-5-3-4-13-10-19(34-22(13)17)15-12-27-21-9-8-20(29-30(15)21)28-14-6-7-16(18(11-14)32-2)33-23(24,25)26/h3-12H,1-2H3,(H,28,29). The lowest BCUT2D eigenvalue weighted by atomic mass is 10.2. The summed E-state index contributed by atoms with van der Waals surface area (Å²) >= 11 is 1.57. The van der Waals surface area contributed by atoms with E-state index in [1.54, 1.807) is 41.3 Å². The van der Waals surface area contributed by atoms with E-state index >= 15 is 0 Å². The van der Waals surface area contributed by atoms with E-state index in [1.165, 1.54) is 25.3 Å². The normalized spacial score (nSPS) is 11.7. The van der Waals surface area contributed by atoms with E-state index in [4.69, 9.17) is 9.47 Å². The molecule has 0 bridgehead atoms. The van der Waals surface area contributed by atoms with Gasteiger partial charge in [0.15, 0.2) is 23.0 Å². The van der Waals surface area contributed by atoms with Crippen molar-refractivity contribution in [2.24, 2.45) is 0 Å². The van der Waals surface area contributed by atoms with Gasteiger partial charge >= 0.3 is 6.36 Å². The number of thiophene rings is 1. The van der Waals surface area contributed by atoms with Crippen LogP contribution in [-0.2, 0) is 0 Å². The van der Waals surface area contributed by atoms with Crippen molar-refractivity contribution in [3.05, 3.63) is 60.8 Å². The van der Waals surface area contributed by atoms with Crippen LogP contribution in [0.2, 0.25) is 0 Å². The second-order valence-electron chi connectivity index (χ2n) is 7.16. The third-order valence-corrected chi connectivity index (χ3v) is 6.19. The maximum absolute atomic E-state index is 12.6. The summed E-state index contributed by atoms with van der Waals surface area (Å²) in [6.07, 6.45) is -3.07. The molecule has 0 aliphatic rings. The van der Waals surface area contributed by atoms with Crippen LogP contribution < -0.4 is 19.5 Å². The third kappa shape index (κ3) is 4.17. The van der Waals surface area contributed by atoms with Crippen molar-refractivity contribution in [1.82, 2.24) is 14.6 Å². The Balaban J connectivity index is 1.48. The molecule has 0 fully saturated rings. The molecule has 3 heterocycles. The van der Waals surface area contributed by atoms with Crippen molar-refractivity contribution < 1.29 is 27.4 Å². The SMILES string of the molecule is COc1cc(Nc2ccc3ncc(-c4cc5cccc(OC)c5s4)n3n2)ccc1OC(F)(F)F. The molecule has 0 saturated carbocycles. The third-order valence-electron chi connectivity index (χ3n) is 5.00. The Morgan fingerprint density at radius 2 is 1.76 bits per heavy atom. The molecule has 2 aromatic carbocycles. The molecule has 0 atom stereocenters.